The molecule has 0 heterocycles. The van der Waals surface area contributed by atoms with Crippen LogP contribution >= 0.6 is 0 Å². The highest BCUT2D eigenvalue weighted by molar-refractivity contribution is 6.67. The second kappa shape index (κ2) is 16.1. The number of hydrogen-bond acceptors (Lipinski definition) is 8. The Morgan fingerprint density at radius 1 is 0.438 bits per heavy atom. The Labute approximate surface area is 194 Å². The van der Waals surface area contributed by atoms with Gasteiger partial charge in [-0.05, 0) is 25.7 Å². The molecular formula is C22H40B2O8. The third-order valence-corrected chi connectivity index (χ3v) is 4.52. The largest absolute Gasteiger partial charge is 0.501 e. The molecule has 1 rings (SSSR count). The first-order valence-corrected chi connectivity index (χ1v) is 11.5. The summed E-state index contributed by atoms with van der Waals surface area (Å²) in [6, 6.07) is 0. The smallest absolute Gasteiger partial charge is 0.490 e. The summed E-state index contributed by atoms with van der Waals surface area (Å²) in [7, 11) is 4.78. The zero-order chi connectivity index (χ0) is 23.9. The van der Waals surface area contributed by atoms with Crippen molar-refractivity contribution >= 4 is 25.2 Å². The summed E-state index contributed by atoms with van der Waals surface area (Å²) in [5, 5.41) is 0. The SMILES string of the molecule is CCCOc1c(OCCC)c(B(OC)OC)c(OCCC)c(OCCC)c1B(OC)OC. The molecule has 0 fully saturated rings. The Morgan fingerprint density at radius 2 is 0.656 bits per heavy atom. The van der Waals surface area contributed by atoms with Crippen molar-refractivity contribution in [1.29, 1.82) is 0 Å². The molecule has 0 unspecified atom stereocenters. The van der Waals surface area contributed by atoms with E-state index >= 15 is 0 Å². The Kier molecular flexibility index (Phi) is 14.3. The van der Waals surface area contributed by atoms with E-state index in [0.29, 0.717) is 60.4 Å². The molecule has 0 N–H and O–H groups in total. The Morgan fingerprint density at radius 3 is 0.812 bits per heavy atom. The molecule has 32 heavy (non-hydrogen) atoms. The lowest BCUT2D eigenvalue weighted by Crippen LogP contribution is -2.43. The molecule has 0 atom stereocenters. The summed E-state index contributed by atoms with van der Waals surface area (Å²) in [6.45, 7) is 10.1. The van der Waals surface area contributed by atoms with Crippen LogP contribution in [-0.4, -0.2) is 69.1 Å². The van der Waals surface area contributed by atoms with E-state index in [1.807, 2.05) is 27.7 Å². The van der Waals surface area contributed by atoms with Gasteiger partial charge in [0.15, 0.2) is 23.0 Å². The zero-order valence-corrected chi connectivity index (χ0v) is 21.1. The van der Waals surface area contributed by atoms with E-state index < -0.39 is 14.2 Å². The molecule has 0 spiro atoms. The molecule has 0 aliphatic heterocycles. The highest BCUT2D eigenvalue weighted by Gasteiger charge is 2.41. The maximum Gasteiger partial charge on any atom is 0.501 e. The van der Waals surface area contributed by atoms with E-state index in [1.165, 1.54) is 0 Å². The van der Waals surface area contributed by atoms with Crippen molar-refractivity contribution in [2.24, 2.45) is 0 Å². The molecule has 0 radical (unpaired) electrons. The van der Waals surface area contributed by atoms with Crippen LogP contribution < -0.4 is 29.9 Å². The van der Waals surface area contributed by atoms with E-state index in [0.717, 1.165) is 25.7 Å². The second-order valence-corrected chi connectivity index (χ2v) is 7.14. The summed E-state index contributed by atoms with van der Waals surface area (Å²) < 4.78 is 47.5. The van der Waals surface area contributed by atoms with Gasteiger partial charge < -0.3 is 37.6 Å². The molecule has 182 valence electrons. The predicted molar refractivity (Wildman–Crippen MR) is 128 cm³/mol. The van der Waals surface area contributed by atoms with Gasteiger partial charge in [0.2, 0.25) is 0 Å². The summed E-state index contributed by atoms with van der Waals surface area (Å²) in [4.78, 5) is 0. The van der Waals surface area contributed by atoms with Crippen LogP contribution in [0.3, 0.4) is 0 Å². The fraction of sp³-hybridized carbons (Fsp3) is 0.727. The fourth-order valence-corrected chi connectivity index (χ4v) is 3.18. The lowest BCUT2D eigenvalue weighted by atomic mass is 9.70. The van der Waals surface area contributed by atoms with Crippen LogP contribution in [0, 0.1) is 0 Å². The van der Waals surface area contributed by atoms with Gasteiger partial charge in [0.25, 0.3) is 0 Å². The first-order valence-electron chi connectivity index (χ1n) is 11.5. The van der Waals surface area contributed by atoms with E-state index in [4.69, 9.17) is 37.6 Å². The molecule has 10 heteroatoms. The van der Waals surface area contributed by atoms with Crippen LogP contribution in [0.2, 0.25) is 0 Å². The normalized spacial score (nSPS) is 10.8. The summed E-state index contributed by atoms with van der Waals surface area (Å²) >= 11 is 0. The van der Waals surface area contributed by atoms with Gasteiger partial charge in [-0.1, -0.05) is 27.7 Å². The molecule has 0 bridgehead atoms. The third kappa shape index (κ3) is 7.20. The first-order chi connectivity index (χ1) is 15.6. The van der Waals surface area contributed by atoms with E-state index in [2.05, 4.69) is 0 Å². The molecule has 1 aromatic carbocycles. The zero-order valence-electron chi connectivity index (χ0n) is 21.1. The Hall–Kier alpha value is -1.61. The average Bonchev–Trinajstić information content (AvgIpc) is 2.81. The van der Waals surface area contributed by atoms with Crippen molar-refractivity contribution in [1.82, 2.24) is 0 Å². The maximum absolute atomic E-state index is 6.23. The van der Waals surface area contributed by atoms with Crippen LogP contribution in [0.4, 0.5) is 0 Å². The minimum Gasteiger partial charge on any atom is -0.490 e. The van der Waals surface area contributed by atoms with Crippen molar-refractivity contribution in [3.8, 4) is 23.0 Å². The van der Waals surface area contributed by atoms with Crippen LogP contribution in [0.25, 0.3) is 0 Å². The highest BCUT2D eigenvalue weighted by atomic mass is 16.6. The van der Waals surface area contributed by atoms with E-state index in [9.17, 15) is 0 Å². The van der Waals surface area contributed by atoms with Crippen LogP contribution in [0.15, 0.2) is 0 Å². The van der Waals surface area contributed by atoms with Crippen LogP contribution in [-0.2, 0) is 18.6 Å². The van der Waals surface area contributed by atoms with Gasteiger partial charge in [0.1, 0.15) is 0 Å². The minimum absolute atomic E-state index is 0.474. The summed E-state index contributed by atoms with van der Waals surface area (Å²) in [6.07, 6.45) is 3.24. The average molecular weight is 454 g/mol. The minimum atomic E-state index is -0.751. The van der Waals surface area contributed by atoms with Crippen molar-refractivity contribution in [3.05, 3.63) is 0 Å². The predicted octanol–water partition coefficient (Wildman–Crippen LogP) is 2.82. The number of rotatable bonds is 18. The molecule has 0 aliphatic rings. The van der Waals surface area contributed by atoms with Gasteiger partial charge in [-0.2, -0.15) is 0 Å². The van der Waals surface area contributed by atoms with Gasteiger partial charge in [-0.25, -0.2) is 0 Å². The molecule has 0 amide bonds. The number of benzene rings is 1. The van der Waals surface area contributed by atoms with Gasteiger partial charge in [-0.3, -0.25) is 0 Å². The third-order valence-electron chi connectivity index (χ3n) is 4.52. The molecule has 0 aliphatic carbocycles. The second-order valence-electron chi connectivity index (χ2n) is 7.14. The number of hydrogen-bond donors (Lipinski definition) is 0. The molecule has 0 saturated heterocycles. The van der Waals surface area contributed by atoms with E-state index in [1.54, 1.807) is 28.4 Å². The lowest BCUT2D eigenvalue weighted by molar-refractivity contribution is 0.242. The fourth-order valence-electron chi connectivity index (χ4n) is 3.18. The van der Waals surface area contributed by atoms with Crippen molar-refractivity contribution < 1.29 is 37.6 Å². The molecular weight excluding hydrogens is 414 g/mol. The van der Waals surface area contributed by atoms with Gasteiger partial charge >= 0.3 is 14.2 Å². The van der Waals surface area contributed by atoms with E-state index in [-0.39, 0.29) is 0 Å². The van der Waals surface area contributed by atoms with Crippen LogP contribution in [0.1, 0.15) is 53.4 Å². The van der Waals surface area contributed by atoms with Gasteiger partial charge in [0, 0.05) is 28.4 Å². The molecule has 1 aromatic rings. The molecule has 8 nitrogen and oxygen atoms in total. The summed E-state index contributed by atoms with van der Waals surface area (Å²) in [5.74, 6) is 1.94. The highest BCUT2D eigenvalue weighted by Crippen LogP contribution is 2.38. The van der Waals surface area contributed by atoms with Crippen molar-refractivity contribution in [2.45, 2.75) is 53.4 Å². The maximum atomic E-state index is 6.23. The van der Waals surface area contributed by atoms with Crippen LogP contribution in [0.5, 0.6) is 23.0 Å². The van der Waals surface area contributed by atoms with Crippen molar-refractivity contribution in [2.75, 3.05) is 54.9 Å². The Balaban J connectivity index is 4.08. The first kappa shape index (κ1) is 28.4. The summed E-state index contributed by atoms with van der Waals surface area (Å²) in [5.41, 5.74) is 1.17. The lowest BCUT2D eigenvalue weighted by Gasteiger charge is -2.28. The monoisotopic (exact) mass is 454 g/mol. The molecule has 0 saturated carbocycles. The van der Waals surface area contributed by atoms with Crippen molar-refractivity contribution in [3.63, 3.8) is 0 Å². The number of ether oxygens (including phenoxy) is 4. The van der Waals surface area contributed by atoms with Gasteiger partial charge in [-0.15, -0.1) is 0 Å². The topological polar surface area (TPSA) is 73.8 Å². The molecule has 0 aromatic heterocycles. The van der Waals surface area contributed by atoms with Gasteiger partial charge in [0.05, 0.1) is 37.4 Å². The Bertz CT molecular complexity index is 555. The quantitative estimate of drug-likeness (QED) is 0.314. The standard InChI is InChI=1S/C22H40B2O8/c1-9-13-29-19-17(23(25-5)26-6)21(31-15-11-3)22(32-16-12-4)18(24(27-7)28-8)20(19)30-14-10-2/h9-16H2,1-8H3.